The highest BCUT2D eigenvalue weighted by atomic mass is 16.5. The lowest BCUT2D eigenvalue weighted by molar-refractivity contribution is -0.143. The number of ether oxygens (including phenoxy) is 2. The smallest absolute Gasteiger partial charge is 0.334 e. The first-order valence-electron chi connectivity index (χ1n) is 10.4. The summed E-state index contributed by atoms with van der Waals surface area (Å²) in [5.41, 5.74) is 1.06. The Kier molecular flexibility index (Phi) is 14.1. The van der Waals surface area contributed by atoms with Crippen LogP contribution in [-0.2, 0) is 19.1 Å². The van der Waals surface area contributed by atoms with Crippen LogP contribution in [0.15, 0.2) is 11.1 Å². The van der Waals surface area contributed by atoms with E-state index in [-0.39, 0.29) is 23.8 Å². The standard InChI is InChI=1S/C22H40O4/c1-7-9-11-12-14-20(22(24)26-16-18(5)6)19(13-10-8-2)21(23)25-15-17(3)4/h17-18H,7-16H2,1-6H3/b20-19-. The first-order valence-corrected chi connectivity index (χ1v) is 10.4. The molecule has 0 aromatic carbocycles. The zero-order chi connectivity index (χ0) is 19.9. The van der Waals surface area contributed by atoms with E-state index in [1.165, 1.54) is 0 Å². The average molecular weight is 369 g/mol. The lowest BCUT2D eigenvalue weighted by Crippen LogP contribution is -2.20. The molecule has 26 heavy (non-hydrogen) atoms. The monoisotopic (exact) mass is 368 g/mol. The minimum absolute atomic E-state index is 0.271. The number of hydrogen-bond donors (Lipinski definition) is 0. The molecular formula is C22H40O4. The maximum absolute atomic E-state index is 12.7. The summed E-state index contributed by atoms with van der Waals surface area (Å²) in [5.74, 6) is -0.151. The van der Waals surface area contributed by atoms with Crippen molar-refractivity contribution in [2.75, 3.05) is 13.2 Å². The fourth-order valence-electron chi connectivity index (χ4n) is 2.49. The van der Waals surface area contributed by atoms with Gasteiger partial charge in [-0.25, -0.2) is 9.59 Å². The minimum atomic E-state index is -0.348. The topological polar surface area (TPSA) is 52.6 Å². The summed E-state index contributed by atoms with van der Waals surface area (Å²) < 4.78 is 10.9. The van der Waals surface area contributed by atoms with E-state index < -0.39 is 0 Å². The van der Waals surface area contributed by atoms with Gasteiger partial charge in [0.25, 0.3) is 0 Å². The fraction of sp³-hybridized carbons (Fsp3) is 0.818. The highest BCUT2D eigenvalue weighted by Crippen LogP contribution is 2.22. The zero-order valence-electron chi connectivity index (χ0n) is 17.9. The third-order valence-corrected chi connectivity index (χ3v) is 4.01. The molecule has 0 N–H and O–H groups in total. The Morgan fingerprint density at radius 1 is 0.654 bits per heavy atom. The summed E-state index contributed by atoms with van der Waals surface area (Å²) in [4.78, 5) is 25.3. The second-order valence-corrected chi connectivity index (χ2v) is 7.86. The Bertz CT molecular complexity index is 435. The fourth-order valence-corrected chi connectivity index (χ4v) is 2.49. The van der Waals surface area contributed by atoms with Crippen LogP contribution in [0.1, 0.15) is 92.9 Å². The van der Waals surface area contributed by atoms with Gasteiger partial charge in [0.2, 0.25) is 0 Å². The lowest BCUT2D eigenvalue weighted by Gasteiger charge is -2.16. The molecule has 0 aliphatic carbocycles. The lowest BCUT2D eigenvalue weighted by atomic mass is 9.97. The van der Waals surface area contributed by atoms with Crippen LogP contribution in [0.3, 0.4) is 0 Å². The minimum Gasteiger partial charge on any atom is -0.462 e. The molecule has 0 saturated carbocycles. The second-order valence-electron chi connectivity index (χ2n) is 7.86. The van der Waals surface area contributed by atoms with Gasteiger partial charge in [0.15, 0.2) is 0 Å². The number of rotatable bonds is 14. The maximum atomic E-state index is 12.7. The zero-order valence-corrected chi connectivity index (χ0v) is 17.9. The molecule has 4 nitrogen and oxygen atoms in total. The molecule has 4 heteroatoms. The highest BCUT2D eigenvalue weighted by Gasteiger charge is 2.23. The van der Waals surface area contributed by atoms with E-state index in [9.17, 15) is 9.59 Å². The first-order chi connectivity index (χ1) is 12.3. The van der Waals surface area contributed by atoms with Crippen molar-refractivity contribution in [2.45, 2.75) is 92.9 Å². The summed E-state index contributed by atoms with van der Waals surface area (Å²) in [5, 5.41) is 0. The van der Waals surface area contributed by atoms with Crippen molar-refractivity contribution >= 4 is 11.9 Å². The molecule has 0 fully saturated rings. The van der Waals surface area contributed by atoms with E-state index in [0.29, 0.717) is 37.2 Å². The van der Waals surface area contributed by atoms with E-state index in [2.05, 4.69) is 13.8 Å². The quantitative estimate of drug-likeness (QED) is 0.219. The molecular weight excluding hydrogens is 328 g/mol. The van der Waals surface area contributed by atoms with Crippen molar-refractivity contribution in [3.05, 3.63) is 11.1 Å². The molecule has 0 unspecified atom stereocenters. The maximum Gasteiger partial charge on any atom is 0.334 e. The van der Waals surface area contributed by atoms with Crippen LogP contribution in [0.4, 0.5) is 0 Å². The van der Waals surface area contributed by atoms with Crippen molar-refractivity contribution in [1.82, 2.24) is 0 Å². The Labute approximate surface area is 160 Å². The molecule has 0 spiro atoms. The van der Waals surface area contributed by atoms with Gasteiger partial charge in [-0.1, -0.05) is 67.2 Å². The molecule has 0 aromatic heterocycles. The van der Waals surface area contributed by atoms with Crippen molar-refractivity contribution in [1.29, 1.82) is 0 Å². The van der Waals surface area contributed by atoms with Crippen LogP contribution in [0.25, 0.3) is 0 Å². The second kappa shape index (κ2) is 14.8. The van der Waals surface area contributed by atoms with Crippen LogP contribution >= 0.6 is 0 Å². The molecule has 0 rings (SSSR count). The average Bonchev–Trinajstić information content (AvgIpc) is 2.59. The van der Waals surface area contributed by atoms with Gasteiger partial charge in [0.1, 0.15) is 0 Å². The SMILES string of the molecule is CCCCCC/C(C(=O)OCC(C)C)=C(\CCCC)C(=O)OCC(C)C. The number of carbonyl (C=O) groups excluding carboxylic acids is 2. The highest BCUT2D eigenvalue weighted by molar-refractivity contribution is 6.00. The van der Waals surface area contributed by atoms with Gasteiger partial charge in [0.05, 0.1) is 13.2 Å². The molecule has 0 heterocycles. The van der Waals surface area contributed by atoms with Gasteiger partial charge in [-0.05, 0) is 37.5 Å². The van der Waals surface area contributed by atoms with Crippen molar-refractivity contribution in [2.24, 2.45) is 11.8 Å². The summed E-state index contributed by atoms with van der Waals surface area (Å²) in [6.45, 7) is 13.0. The van der Waals surface area contributed by atoms with Crippen LogP contribution in [-0.4, -0.2) is 25.2 Å². The molecule has 0 bridgehead atoms. The molecule has 0 aliphatic heterocycles. The molecule has 0 saturated heterocycles. The van der Waals surface area contributed by atoms with Crippen LogP contribution < -0.4 is 0 Å². The molecule has 0 atom stereocenters. The molecule has 0 radical (unpaired) electrons. The van der Waals surface area contributed by atoms with Gasteiger partial charge in [-0.15, -0.1) is 0 Å². The van der Waals surface area contributed by atoms with Crippen molar-refractivity contribution < 1.29 is 19.1 Å². The van der Waals surface area contributed by atoms with Crippen molar-refractivity contribution in [3.8, 4) is 0 Å². The Balaban J connectivity index is 5.41. The number of unbranched alkanes of at least 4 members (excludes halogenated alkanes) is 4. The van der Waals surface area contributed by atoms with Crippen LogP contribution in [0.2, 0.25) is 0 Å². The van der Waals surface area contributed by atoms with E-state index in [1.54, 1.807) is 0 Å². The number of hydrogen-bond acceptors (Lipinski definition) is 4. The normalized spacial score (nSPS) is 12.3. The predicted molar refractivity (Wildman–Crippen MR) is 107 cm³/mol. The van der Waals surface area contributed by atoms with Gasteiger partial charge < -0.3 is 9.47 Å². The van der Waals surface area contributed by atoms with E-state index in [0.717, 1.165) is 38.5 Å². The molecule has 152 valence electrons. The van der Waals surface area contributed by atoms with E-state index in [1.807, 2.05) is 27.7 Å². The third kappa shape index (κ3) is 11.3. The Morgan fingerprint density at radius 2 is 1.08 bits per heavy atom. The molecule has 0 amide bonds. The summed E-state index contributed by atoms with van der Waals surface area (Å²) >= 11 is 0. The predicted octanol–water partition coefficient (Wildman–Crippen LogP) is 5.84. The summed E-state index contributed by atoms with van der Waals surface area (Å²) in [6, 6.07) is 0. The molecule has 0 aromatic rings. The number of carbonyl (C=O) groups is 2. The Hall–Kier alpha value is -1.32. The summed E-state index contributed by atoms with van der Waals surface area (Å²) in [6.07, 6.45) is 7.21. The Morgan fingerprint density at radius 3 is 1.46 bits per heavy atom. The molecule has 0 aliphatic rings. The van der Waals surface area contributed by atoms with E-state index in [4.69, 9.17) is 9.47 Å². The van der Waals surface area contributed by atoms with Gasteiger partial charge >= 0.3 is 11.9 Å². The largest absolute Gasteiger partial charge is 0.462 e. The third-order valence-electron chi connectivity index (χ3n) is 4.01. The van der Waals surface area contributed by atoms with E-state index >= 15 is 0 Å². The van der Waals surface area contributed by atoms with Gasteiger partial charge in [-0.3, -0.25) is 0 Å². The van der Waals surface area contributed by atoms with Crippen molar-refractivity contribution in [3.63, 3.8) is 0 Å². The van der Waals surface area contributed by atoms with Crippen LogP contribution in [0, 0.1) is 11.8 Å². The van der Waals surface area contributed by atoms with Gasteiger partial charge in [-0.2, -0.15) is 0 Å². The first kappa shape index (κ1) is 24.7. The summed E-state index contributed by atoms with van der Waals surface area (Å²) in [7, 11) is 0. The van der Waals surface area contributed by atoms with Crippen LogP contribution in [0.5, 0.6) is 0 Å². The van der Waals surface area contributed by atoms with Gasteiger partial charge in [0, 0.05) is 11.1 Å². The number of esters is 2.